The molecule has 2 saturated heterocycles. The Hall–Kier alpha value is -3.52. The van der Waals surface area contributed by atoms with E-state index >= 15 is 0 Å². The molecule has 0 radical (unpaired) electrons. The Morgan fingerprint density at radius 1 is 0.882 bits per heavy atom. The number of nitrogens with one attached hydrogen (secondary N) is 3. The van der Waals surface area contributed by atoms with Crippen LogP contribution in [0, 0.1) is 5.92 Å². The van der Waals surface area contributed by atoms with Gasteiger partial charge in [-0.15, -0.1) is 0 Å². The van der Waals surface area contributed by atoms with E-state index in [1.807, 2.05) is 12.1 Å². The average molecular weight is 461 g/mol. The maximum absolute atomic E-state index is 13.0. The maximum Gasteiger partial charge on any atom is 0.262 e. The van der Waals surface area contributed by atoms with Crippen molar-refractivity contribution in [3.8, 4) is 0 Å². The van der Waals surface area contributed by atoms with Gasteiger partial charge >= 0.3 is 0 Å². The highest BCUT2D eigenvalue weighted by Crippen LogP contribution is 2.28. The normalized spacial score (nSPS) is 20.9. The number of rotatable bonds is 6. The Kier molecular flexibility index (Phi) is 6.15. The van der Waals surface area contributed by atoms with Gasteiger partial charge in [0.05, 0.1) is 11.1 Å². The monoisotopic (exact) mass is 460 g/mol. The van der Waals surface area contributed by atoms with E-state index in [-0.39, 0.29) is 18.7 Å². The van der Waals surface area contributed by atoms with Gasteiger partial charge in [-0.2, -0.15) is 0 Å². The van der Waals surface area contributed by atoms with Gasteiger partial charge in [0.15, 0.2) is 0 Å². The second-order valence-electron chi connectivity index (χ2n) is 9.28. The van der Waals surface area contributed by atoms with Crippen molar-refractivity contribution < 1.29 is 19.2 Å². The molecule has 5 rings (SSSR count). The molecule has 3 aliphatic rings. The van der Waals surface area contributed by atoms with Crippen molar-refractivity contribution in [1.29, 1.82) is 0 Å². The highest BCUT2D eigenvalue weighted by molar-refractivity contribution is 6.23. The van der Waals surface area contributed by atoms with Crippen LogP contribution in [0.2, 0.25) is 0 Å². The van der Waals surface area contributed by atoms with E-state index in [1.54, 1.807) is 12.1 Å². The molecule has 2 aromatic rings. The Morgan fingerprint density at radius 3 is 2.47 bits per heavy atom. The summed E-state index contributed by atoms with van der Waals surface area (Å²) in [5.41, 5.74) is 3.79. The van der Waals surface area contributed by atoms with Gasteiger partial charge in [0.1, 0.15) is 6.04 Å². The van der Waals surface area contributed by atoms with Crippen LogP contribution in [0.4, 0.5) is 5.69 Å². The number of hydrogen-bond donors (Lipinski definition) is 3. The lowest BCUT2D eigenvalue weighted by Gasteiger charge is -2.27. The van der Waals surface area contributed by atoms with Gasteiger partial charge in [-0.05, 0) is 80.1 Å². The zero-order valence-electron chi connectivity index (χ0n) is 18.9. The quantitative estimate of drug-likeness (QED) is 0.571. The fourth-order valence-electron chi connectivity index (χ4n) is 5.06. The summed E-state index contributed by atoms with van der Waals surface area (Å²) in [6, 6.07) is 12.7. The standard InChI is InChI=1S/C26H28N4O4/c31-23-7-6-22(24(32)29-23)30-25(33)20-5-4-18(14-21(20)26(30)34)15-28-19-3-1-2-17(13-19)12-16-8-10-27-11-9-16/h1-5,13-14,16,22,27-28H,6-12,15H2,(H,29,31,32). The van der Waals surface area contributed by atoms with Crippen molar-refractivity contribution in [3.63, 3.8) is 0 Å². The van der Waals surface area contributed by atoms with E-state index in [1.165, 1.54) is 18.4 Å². The average Bonchev–Trinajstić information content (AvgIpc) is 3.08. The van der Waals surface area contributed by atoms with Crippen LogP contribution in [0.5, 0.6) is 0 Å². The van der Waals surface area contributed by atoms with Crippen LogP contribution >= 0.6 is 0 Å². The van der Waals surface area contributed by atoms with Gasteiger partial charge in [0, 0.05) is 18.7 Å². The number of amides is 4. The van der Waals surface area contributed by atoms with Crippen LogP contribution in [-0.4, -0.2) is 47.7 Å². The van der Waals surface area contributed by atoms with Crippen molar-refractivity contribution in [2.24, 2.45) is 5.92 Å². The van der Waals surface area contributed by atoms with Crippen LogP contribution in [0.1, 0.15) is 57.5 Å². The van der Waals surface area contributed by atoms with Crippen LogP contribution < -0.4 is 16.0 Å². The first-order valence-corrected chi connectivity index (χ1v) is 11.9. The minimum atomic E-state index is -0.950. The summed E-state index contributed by atoms with van der Waals surface area (Å²) in [7, 11) is 0. The third-order valence-corrected chi connectivity index (χ3v) is 6.91. The van der Waals surface area contributed by atoms with Crippen molar-refractivity contribution in [2.45, 2.75) is 44.7 Å². The number of carbonyl (C=O) groups excluding carboxylic acids is 4. The molecule has 0 spiro atoms. The molecule has 3 heterocycles. The van der Waals surface area contributed by atoms with Gasteiger partial charge in [-0.3, -0.25) is 29.4 Å². The summed E-state index contributed by atoms with van der Waals surface area (Å²) in [6.45, 7) is 2.68. The molecular formula is C26H28N4O4. The fourth-order valence-corrected chi connectivity index (χ4v) is 5.06. The first kappa shape index (κ1) is 22.3. The molecule has 0 aromatic heterocycles. The first-order chi connectivity index (χ1) is 16.5. The number of fused-ring (bicyclic) bond motifs is 1. The van der Waals surface area contributed by atoms with E-state index in [0.717, 1.165) is 35.7 Å². The molecule has 1 unspecified atom stereocenters. The number of benzene rings is 2. The van der Waals surface area contributed by atoms with E-state index in [9.17, 15) is 19.2 Å². The third-order valence-electron chi connectivity index (χ3n) is 6.91. The predicted octanol–water partition coefficient (Wildman–Crippen LogP) is 2.24. The Bertz CT molecular complexity index is 1160. The number of piperidine rings is 2. The lowest BCUT2D eigenvalue weighted by atomic mass is 9.91. The number of nitrogens with zero attached hydrogens (tertiary/aromatic N) is 1. The molecule has 34 heavy (non-hydrogen) atoms. The Morgan fingerprint density at radius 2 is 1.68 bits per heavy atom. The SMILES string of the molecule is O=C1CCC(N2C(=O)c3ccc(CNc4cccc(CC5CCNCC5)c4)cc3C2=O)C(=O)N1. The molecule has 0 aliphatic carbocycles. The largest absolute Gasteiger partial charge is 0.381 e. The Labute approximate surface area is 198 Å². The van der Waals surface area contributed by atoms with Crippen molar-refractivity contribution in [3.05, 3.63) is 64.7 Å². The highest BCUT2D eigenvalue weighted by atomic mass is 16.2. The van der Waals surface area contributed by atoms with Crippen LogP contribution in [0.3, 0.4) is 0 Å². The molecule has 1 atom stereocenters. The summed E-state index contributed by atoms with van der Waals surface area (Å²) >= 11 is 0. The summed E-state index contributed by atoms with van der Waals surface area (Å²) in [6.07, 6.45) is 3.74. The molecule has 0 saturated carbocycles. The summed E-state index contributed by atoms with van der Waals surface area (Å²) in [4.78, 5) is 50.5. The number of hydrogen-bond acceptors (Lipinski definition) is 6. The van der Waals surface area contributed by atoms with Crippen molar-refractivity contribution >= 4 is 29.3 Å². The molecule has 3 N–H and O–H groups in total. The minimum Gasteiger partial charge on any atom is -0.381 e. The lowest BCUT2D eigenvalue weighted by molar-refractivity contribution is -0.136. The fraction of sp³-hybridized carbons (Fsp3) is 0.385. The Balaban J connectivity index is 1.26. The van der Waals surface area contributed by atoms with E-state index in [4.69, 9.17) is 0 Å². The van der Waals surface area contributed by atoms with Gasteiger partial charge in [-0.1, -0.05) is 18.2 Å². The minimum absolute atomic E-state index is 0.107. The molecule has 176 valence electrons. The second-order valence-corrected chi connectivity index (χ2v) is 9.28. The summed E-state index contributed by atoms with van der Waals surface area (Å²) in [5, 5.41) is 9.04. The number of anilines is 1. The molecule has 8 heteroatoms. The molecule has 8 nitrogen and oxygen atoms in total. The topological polar surface area (TPSA) is 108 Å². The molecular weight excluding hydrogens is 432 g/mol. The molecule has 3 aliphatic heterocycles. The number of carbonyl (C=O) groups is 4. The first-order valence-electron chi connectivity index (χ1n) is 11.9. The maximum atomic E-state index is 13.0. The van der Waals surface area contributed by atoms with Gasteiger partial charge < -0.3 is 10.6 Å². The third kappa shape index (κ3) is 4.46. The summed E-state index contributed by atoms with van der Waals surface area (Å²) < 4.78 is 0. The predicted molar refractivity (Wildman–Crippen MR) is 126 cm³/mol. The van der Waals surface area contributed by atoms with E-state index in [2.05, 4.69) is 34.1 Å². The highest BCUT2D eigenvalue weighted by Gasteiger charge is 2.44. The zero-order valence-corrected chi connectivity index (χ0v) is 18.9. The lowest BCUT2D eigenvalue weighted by Crippen LogP contribution is -2.54. The molecule has 0 bridgehead atoms. The van der Waals surface area contributed by atoms with Gasteiger partial charge in [-0.25, -0.2) is 0 Å². The zero-order chi connectivity index (χ0) is 23.7. The van der Waals surface area contributed by atoms with E-state index < -0.39 is 23.8 Å². The smallest absolute Gasteiger partial charge is 0.262 e. The number of imide groups is 2. The van der Waals surface area contributed by atoms with Gasteiger partial charge in [0.2, 0.25) is 11.8 Å². The molecule has 2 fully saturated rings. The van der Waals surface area contributed by atoms with Crippen LogP contribution in [0.15, 0.2) is 42.5 Å². The van der Waals surface area contributed by atoms with Crippen LogP contribution in [0.25, 0.3) is 0 Å². The van der Waals surface area contributed by atoms with Crippen molar-refractivity contribution in [2.75, 3.05) is 18.4 Å². The van der Waals surface area contributed by atoms with E-state index in [0.29, 0.717) is 23.6 Å². The van der Waals surface area contributed by atoms with Crippen molar-refractivity contribution in [1.82, 2.24) is 15.5 Å². The van der Waals surface area contributed by atoms with Crippen LogP contribution in [-0.2, 0) is 22.6 Å². The summed E-state index contributed by atoms with van der Waals surface area (Å²) in [5.74, 6) is -1.24. The molecule has 4 amide bonds. The second kappa shape index (κ2) is 9.38. The molecule has 2 aromatic carbocycles. The van der Waals surface area contributed by atoms with Gasteiger partial charge in [0.25, 0.3) is 11.8 Å².